The molecular weight excluding hydrogens is 364 g/mol. The molecule has 144 valence electrons. The van der Waals surface area contributed by atoms with Crippen LogP contribution in [0.25, 0.3) is 0 Å². The van der Waals surface area contributed by atoms with Crippen molar-refractivity contribution >= 4 is 23.3 Å². The molecule has 1 aliphatic rings. The largest absolute Gasteiger partial charge is 0.496 e. The summed E-state index contributed by atoms with van der Waals surface area (Å²) in [6.45, 7) is 1.63. The molecule has 0 spiro atoms. The molecule has 0 saturated carbocycles. The quantitative estimate of drug-likeness (QED) is 0.542. The SMILES string of the molecule is COc1ccccc1[C@@H]1NC(=O)NC(C)=C1C(=O)Nc1ccc([N+](=O)[O-])cc1. The number of carbonyl (C=O) groups is 2. The third-order valence-electron chi connectivity index (χ3n) is 4.30. The van der Waals surface area contributed by atoms with Crippen LogP contribution in [0, 0.1) is 10.1 Å². The highest BCUT2D eigenvalue weighted by Crippen LogP contribution is 2.33. The molecule has 1 atom stereocenters. The second-order valence-electron chi connectivity index (χ2n) is 6.07. The van der Waals surface area contributed by atoms with Crippen LogP contribution >= 0.6 is 0 Å². The molecule has 0 unspecified atom stereocenters. The van der Waals surface area contributed by atoms with Crippen LogP contribution in [0.2, 0.25) is 0 Å². The monoisotopic (exact) mass is 382 g/mol. The summed E-state index contributed by atoms with van der Waals surface area (Å²) in [7, 11) is 1.51. The number of amides is 3. The van der Waals surface area contributed by atoms with Crippen LogP contribution in [0.1, 0.15) is 18.5 Å². The second-order valence-corrected chi connectivity index (χ2v) is 6.07. The van der Waals surface area contributed by atoms with E-state index >= 15 is 0 Å². The number of methoxy groups -OCH3 is 1. The summed E-state index contributed by atoms with van der Waals surface area (Å²) in [6.07, 6.45) is 0. The standard InChI is InChI=1S/C19H18N4O5/c1-11-16(18(24)21-12-7-9-13(10-8-12)23(26)27)17(22-19(25)20-11)14-5-3-4-6-15(14)28-2/h3-10,17H,1-2H3,(H,21,24)(H2,20,22,25)/t17-/m0/s1. The van der Waals surface area contributed by atoms with Crippen molar-refractivity contribution in [2.45, 2.75) is 13.0 Å². The third kappa shape index (κ3) is 3.78. The number of anilines is 1. The molecule has 28 heavy (non-hydrogen) atoms. The van der Waals surface area contributed by atoms with Crippen LogP contribution in [-0.4, -0.2) is 24.0 Å². The fraction of sp³-hybridized carbons (Fsp3) is 0.158. The highest BCUT2D eigenvalue weighted by atomic mass is 16.6. The molecule has 0 saturated heterocycles. The van der Waals surface area contributed by atoms with E-state index in [4.69, 9.17) is 4.74 Å². The summed E-state index contributed by atoms with van der Waals surface area (Å²) >= 11 is 0. The van der Waals surface area contributed by atoms with E-state index in [-0.39, 0.29) is 5.69 Å². The lowest BCUT2D eigenvalue weighted by atomic mass is 9.94. The highest BCUT2D eigenvalue weighted by molar-refractivity contribution is 6.06. The predicted molar refractivity (Wildman–Crippen MR) is 102 cm³/mol. The van der Waals surface area contributed by atoms with Crippen LogP contribution in [0.5, 0.6) is 5.75 Å². The van der Waals surface area contributed by atoms with Crippen LogP contribution in [0.15, 0.2) is 59.8 Å². The van der Waals surface area contributed by atoms with Crippen molar-refractivity contribution in [1.29, 1.82) is 0 Å². The molecule has 3 amide bonds. The van der Waals surface area contributed by atoms with E-state index in [0.717, 1.165) is 0 Å². The number of hydrogen-bond acceptors (Lipinski definition) is 5. The highest BCUT2D eigenvalue weighted by Gasteiger charge is 2.32. The van der Waals surface area contributed by atoms with Gasteiger partial charge in [0, 0.05) is 29.1 Å². The Hall–Kier alpha value is -3.88. The van der Waals surface area contributed by atoms with Crippen molar-refractivity contribution in [3.63, 3.8) is 0 Å². The number of carbonyl (C=O) groups excluding carboxylic acids is 2. The Morgan fingerprint density at radius 2 is 1.86 bits per heavy atom. The molecule has 1 aliphatic heterocycles. The van der Waals surface area contributed by atoms with Gasteiger partial charge < -0.3 is 20.7 Å². The summed E-state index contributed by atoms with van der Waals surface area (Å²) < 4.78 is 5.36. The maximum absolute atomic E-state index is 13.0. The first-order chi connectivity index (χ1) is 13.4. The van der Waals surface area contributed by atoms with Crippen molar-refractivity contribution in [2.24, 2.45) is 0 Å². The van der Waals surface area contributed by atoms with Crippen molar-refractivity contribution in [3.8, 4) is 5.75 Å². The van der Waals surface area contributed by atoms with Gasteiger partial charge in [-0.3, -0.25) is 14.9 Å². The Kier molecular flexibility index (Phi) is 5.25. The number of hydrogen-bond donors (Lipinski definition) is 3. The second kappa shape index (κ2) is 7.78. The van der Waals surface area contributed by atoms with E-state index in [2.05, 4.69) is 16.0 Å². The van der Waals surface area contributed by atoms with Gasteiger partial charge in [0.25, 0.3) is 11.6 Å². The lowest BCUT2D eigenvalue weighted by Crippen LogP contribution is -2.46. The van der Waals surface area contributed by atoms with Crippen molar-refractivity contribution in [1.82, 2.24) is 10.6 Å². The van der Waals surface area contributed by atoms with Gasteiger partial charge in [-0.25, -0.2) is 4.79 Å². The molecule has 9 heteroatoms. The Balaban J connectivity index is 1.93. The summed E-state index contributed by atoms with van der Waals surface area (Å²) in [5.41, 5.74) is 1.66. The molecule has 3 N–H and O–H groups in total. The van der Waals surface area contributed by atoms with E-state index in [0.29, 0.717) is 28.3 Å². The number of rotatable bonds is 5. The number of non-ortho nitro benzene ring substituents is 1. The minimum atomic E-state index is -0.719. The molecule has 2 aromatic carbocycles. The van der Waals surface area contributed by atoms with E-state index in [1.165, 1.54) is 31.4 Å². The molecule has 0 bridgehead atoms. The minimum Gasteiger partial charge on any atom is -0.496 e. The van der Waals surface area contributed by atoms with Crippen LogP contribution < -0.4 is 20.7 Å². The number of benzene rings is 2. The van der Waals surface area contributed by atoms with Gasteiger partial charge in [-0.1, -0.05) is 18.2 Å². The maximum Gasteiger partial charge on any atom is 0.319 e. The third-order valence-corrected chi connectivity index (χ3v) is 4.30. The zero-order valence-corrected chi connectivity index (χ0v) is 15.2. The molecule has 0 aromatic heterocycles. The zero-order valence-electron chi connectivity index (χ0n) is 15.2. The average molecular weight is 382 g/mol. The van der Waals surface area contributed by atoms with Gasteiger partial charge in [-0.2, -0.15) is 0 Å². The fourth-order valence-electron chi connectivity index (χ4n) is 3.00. The lowest BCUT2D eigenvalue weighted by molar-refractivity contribution is -0.384. The molecule has 9 nitrogen and oxygen atoms in total. The van der Waals surface area contributed by atoms with E-state index in [1.807, 2.05) is 0 Å². The maximum atomic E-state index is 13.0. The molecular formula is C19H18N4O5. The number of para-hydroxylation sites is 1. The number of nitro benzene ring substituents is 1. The number of nitro groups is 1. The molecule has 1 heterocycles. The summed E-state index contributed by atoms with van der Waals surface area (Å²) in [4.78, 5) is 35.2. The molecule has 2 aromatic rings. The smallest absolute Gasteiger partial charge is 0.319 e. The first kappa shape index (κ1) is 18.9. The summed E-state index contributed by atoms with van der Waals surface area (Å²) in [5.74, 6) is 0.0814. The molecule has 0 aliphatic carbocycles. The van der Waals surface area contributed by atoms with Gasteiger partial charge in [0.15, 0.2) is 0 Å². The van der Waals surface area contributed by atoms with Gasteiger partial charge in [-0.15, -0.1) is 0 Å². The topological polar surface area (TPSA) is 123 Å². The predicted octanol–water partition coefficient (Wildman–Crippen LogP) is 2.87. The normalized spacial score (nSPS) is 16.1. The van der Waals surface area contributed by atoms with Crippen molar-refractivity contribution < 1.29 is 19.2 Å². The Morgan fingerprint density at radius 3 is 2.50 bits per heavy atom. The number of urea groups is 1. The summed E-state index contributed by atoms with van der Waals surface area (Å²) in [6, 6.07) is 11.4. The zero-order chi connectivity index (χ0) is 20.3. The van der Waals surface area contributed by atoms with Crippen molar-refractivity contribution in [3.05, 3.63) is 75.5 Å². The molecule has 0 fully saturated rings. The lowest BCUT2D eigenvalue weighted by Gasteiger charge is -2.29. The Labute approximate surface area is 160 Å². The van der Waals surface area contributed by atoms with E-state index in [1.54, 1.807) is 31.2 Å². The van der Waals surface area contributed by atoms with E-state index in [9.17, 15) is 19.7 Å². The fourth-order valence-corrected chi connectivity index (χ4v) is 3.00. The molecule has 3 rings (SSSR count). The number of allylic oxidation sites excluding steroid dienone is 1. The van der Waals surface area contributed by atoms with Gasteiger partial charge in [-0.05, 0) is 25.1 Å². The first-order valence-corrected chi connectivity index (χ1v) is 8.37. The Morgan fingerprint density at radius 1 is 1.18 bits per heavy atom. The van der Waals surface area contributed by atoms with E-state index < -0.39 is 22.9 Å². The minimum absolute atomic E-state index is 0.0770. The van der Waals surface area contributed by atoms with Crippen LogP contribution in [0.3, 0.4) is 0 Å². The van der Waals surface area contributed by atoms with Gasteiger partial charge in [0.05, 0.1) is 23.6 Å². The van der Waals surface area contributed by atoms with Gasteiger partial charge in [0.2, 0.25) is 0 Å². The summed E-state index contributed by atoms with van der Waals surface area (Å²) in [5, 5.41) is 18.8. The van der Waals surface area contributed by atoms with Gasteiger partial charge in [0.1, 0.15) is 5.75 Å². The van der Waals surface area contributed by atoms with Gasteiger partial charge >= 0.3 is 6.03 Å². The van der Waals surface area contributed by atoms with Crippen LogP contribution in [-0.2, 0) is 4.79 Å². The van der Waals surface area contributed by atoms with Crippen molar-refractivity contribution in [2.75, 3.05) is 12.4 Å². The number of ether oxygens (including phenoxy) is 1. The first-order valence-electron chi connectivity index (χ1n) is 8.37. The number of nitrogens with one attached hydrogen (secondary N) is 3. The molecule has 0 radical (unpaired) electrons. The average Bonchev–Trinajstić information content (AvgIpc) is 2.67. The van der Waals surface area contributed by atoms with Crippen LogP contribution in [0.4, 0.5) is 16.2 Å². The number of nitrogens with zero attached hydrogens (tertiary/aromatic N) is 1. The Bertz CT molecular complexity index is 969.